The van der Waals surface area contributed by atoms with Gasteiger partial charge in [-0.2, -0.15) is 0 Å². The number of carbonyl (C=O) groups is 1. The van der Waals surface area contributed by atoms with Gasteiger partial charge in [0.2, 0.25) is 0 Å². The van der Waals surface area contributed by atoms with Crippen molar-refractivity contribution in [1.29, 1.82) is 0 Å². The monoisotopic (exact) mass is 291 g/mol. The summed E-state index contributed by atoms with van der Waals surface area (Å²) in [6, 6.07) is 4.07. The number of piperidine rings is 1. The second-order valence-corrected chi connectivity index (χ2v) is 6.61. The third-order valence-electron chi connectivity index (χ3n) is 4.34. The number of fused-ring (bicyclic) bond motifs is 4. The van der Waals surface area contributed by atoms with Crippen LogP contribution in [0.4, 0.5) is 0 Å². The van der Waals surface area contributed by atoms with Gasteiger partial charge in [-0.25, -0.2) is 0 Å². The van der Waals surface area contributed by atoms with Crippen LogP contribution in [0.15, 0.2) is 23.2 Å². The van der Waals surface area contributed by atoms with E-state index in [2.05, 4.69) is 15.2 Å². The average Bonchev–Trinajstić information content (AvgIpc) is 2.79. The zero-order chi connectivity index (χ0) is 13.9. The largest absolute Gasteiger partial charge is 0.347 e. The quantitative estimate of drug-likeness (QED) is 0.866. The van der Waals surface area contributed by atoms with Gasteiger partial charge in [0.25, 0.3) is 5.91 Å². The first-order valence-corrected chi connectivity index (χ1v) is 8.50. The molecule has 4 heterocycles. The van der Waals surface area contributed by atoms with E-state index in [0.717, 1.165) is 23.8 Å². The first-order chi connectivity index (χ1) is 9.74. The Morgan fingerprint density at radius 2 is 2.25 bits per heavy atom. The SMILES string of the molecule is CSc1ccnc(C(=O)N[C@@H]2CC3CCN(CC3)C2)c1. The van der Waals surface area contributed by atoms with Gasteiger partial charge in [-0.1, -0.05) is 0 Å². The molecule has 3 aliphatic heterocycles. The number of hydrogen-bond acceptors (Lipinski definition) is 4. The van der Waals surface area contributed by atoms with Gasteiger partial charge in [-0.15, -0.1) is 11.8 Å². The molecule has 1 amide bonds. The zero-order valence-corrected chi connectivity index (χ0v) is 12.7. The second-order valence-electron chi connectivity index (χ2n) is 5.73. The number of rotatable bonds is 3. The highest BCUT2D eigenvalue weighted by atomic mass is 32.2. The summed E-state index contributed by atoms with van der Waals surface area (Å²) in [6.45, 7) is 3.37. The van der Waals surface area contributed by atoms with Gasteiger partial charge >= 0.3 is 0 Å². The van der Waals surface area contributed by atoms with Crippen LogP contribution in [-0.2, 0) is 0 Å². The lowest BCUT2D eigenvalue weighted by Gasteiger charge is -2.26. The third kappa shape index (κ3) is 3.15. The Morgan fingerprint density at radius 3 is 3.00 bits per heavy atom. The summed E-state index contributed by atoms with van der Waals surface area (Å²) >= 11 is 1.63. The van der Waals surface area contributed by atoms with Gasteiger partial charge in [0.15, 0.2) is 0 Å². The molecule has 3 aliphatic rings. The Bertz CT molecular complexity index is 472. The van der Waals surface area contributed by atoms with E-state index >= 15 is 0 Å². The van der Waals surface area contributed by atoms with Crippen LogP contribution in [0.2, 0.25) is 0 Å². The van der Waals surface area contributed by atoms with Crippen molar-refractivity contribution in [2.75, 3.05) is 25.9 Å². The summed E-state index contributed by atoms with van der Waals surface area (Å²) in [7, 11) is 0. The molecule has 4 nitrogen and oxygen atoms in total. The highest BCUT2D eigenvalue weighted by molar-refractivity contribution is 7.98. The summed E-state index contributed by atoms with van der Waals surface area (Å²) < 4.78 is 0. The van der Waals surface area contributed by atoms with E-state index in [-0.39, 0.29) is 11.9 Å². The van der Waals surface area contributed by atoms with Gasteiger partial charge < -0.3 is 10.2 Å². The molecule has 0 aliphatic carbocycles. The van der Waals surface area contributed by atoms with Crippen LogP contribution in [-0.4, -0.2) is 47.7 Å². The summed E-state index contributed by atoms with van der Waals surface area (Å²) in [5.74, 6) is 0.748. The lowest BCUT2D eigenvalue weighted by molar-refractivity contribution is 0.0923. The van der Waals surface area contributed by atoms with Crippen LogP contribution in [0.1, 0.15) is 29.8 Å². The predicted octanol–water partition coefficient (Wildman–Crippen LogP) is 2.02. The molecule has 0 saturated carbocycles. The number of aromatic nitrogens is 1. The first-order valence-electron chi connectivity index (χ1n) is 7.28. The van der Waals surface area contributed by atoms with Crippen molar-refractivity contribution in [2.45, 2.75) is 30.2 Å². The molecule has 1 aromatic rings. The van der Waals surface area contributed by atoms with E-state index < -0.39 is 0 Å². The minimum Gasteiger partial charge on any atom is -0.347 e. The molecule has 4 rings (SSSR count). The number of pyridine rings is 1. The van der Waals surface area contributed by atoms with Crippen molar-refractivity contribution >= 4 is 17.7 Å². The van der Waals surface area contributed by atoms with E-state index in [1.807, 2.05) is 18.4 Å². The molecule has 3 fully saturated rings. The number of thioether (sulfide) groups is 1. The summed E-state index contributed by atoms with van der Waals surface area (Å²) in [6.07, 6.45) is 7.40. The number of nitrogens with one attached hydrogen (secondary N) is 1. The molecular weight excluding hydrogens is 270 g/mol. The number of hydrogen-bond donors (Lipinski definition) is 1. The molecule has 2 bridgehead atoms. The van der Waals surface area contributed by atoms with Crippen molar-refractivity contribution in [3.05, 3.63) is 24.0 Å². The van der Waals surface area contributed by atoms with Crippen LogP contribution < -0.4 is 5.32 Å². The number of nitrogens with zero attached hydrogens (tertiary/aromatic N) is 2. The minimum atomic E-state index is -0.0339. The summed E-state index contributed by atoms with van der Waals surface area (Å²) in [5.41, 5.74) is 0.531. The molecule has 1 atom stereocenters. The highest BCUT2D eigenvalue weighted by Gasteiger charge is 2.30. The Kier molecular flexibility index (Phi) is 4.27. The van der Waals surface area contributed by atoms with Gasteiger partial charge in [-0.3, -0.25) is 9.78 Å². The maximum Gasteiger partial charge on any atom is 0.270 e. The van der Waals surface area contributed by atoms with Crippen molar-refractivity contribution in [2.24, 2.45) is 5.92 Å². The van der Waals surface area contributed by atoms with Crippen molar-refractivity contribution in [3.8, 4) is 0 Å². The maximum absolute atomic E-state index is 12.3. The van der Waals surface area contributed by atoms with Crippen molar-refractivity contribution < 1.29 is 4.79 Å². The number of amides is 1. The minimum absolute atomic E-state index is 0.0339. The maximum atomic E-state index is 12.3. The van der Waals surface area contributed by atoms with Crippen LogP contribution in [0.3, 0.4) is 0 Å². The van der Waals surface area contributed by atoms with E-state index in [9.17, 15) is 4.79 Å². The predicted molar refractivity (Wildman–Crippen MR) is 81.1 cm³/mol. The normalized spacial score (nSPS) is 28.9. The zero-order valence-electron chi connectivity index (χ0n) is 11.8. The van der Waals surface area contributed by atoms with Crippen molar-refractivity contribution in [3.63, 3.8) is 0 Å². The fraction of sp³-hybridized carbons (Fsp3) is 0.600. The topological polar surface area (TPSA) is 45.2 Å². The Hall–Kier alpha value is -1.07. The summed E-state index contributed by atoms with van der Waals surface area (Å²) in [5, 5.41) is 3.17. The molecule has 5 heteroatoms. The van der Waals surface area contributed by atoms with Crippen LogP contribution in [0.25, 0.3) is 0 Å². The molecule has 0 radical (unpaired) electrons. The molecule has 1 aromatic heterocycles. The average molecular weight is 291 g/mol. The van der Waals surface area contributed by atoms with Gasteiger partial charge in [0, 0.05) is 23.7 Å². The molecular formula is C15H21N3OS. The van der Waals surface area contributed by atoms with Gasteiger partial charge in [0.05, 0.1) is 0 Å². The molecule has 1 N–H and O–H groups in total. The highest BCUT2D eigenvalue weighted by Crippen LogP contribution is 2.26. The fourth-order valence-corrected chi connectivity index (χ4v) is 3.65. The van der Waals surface area contributed by atoms with E-state index in [4.69, 9.17) is 0 Å². The lowest BCUT2D eigenvalue weighted by Crippen LogP contribution is -2.42. The third-order valence-corrected chi connectivity index (χ3v) is 5.06. The summed E-state index contributed by atoms with van der Waals surface area (Å²) in [4.78, 5) is 20.1. The number of carbonyl (C=O) groups excluding carboxylic acids is 1. The van der Waals surface area contributed by atoms with E-state index in [1.165, 1.54) is 25.9 Å². The molecule has 108 valence electrons. The molecule has 3 saturated heterocycles. The molecule has 0 spiro atoms. The Labute approximate surface area is 124 Å². The molecule has 0 aromatic carbocycles. The smallest absolute Gasteiger partial charge is 0.270 e. The first kappa shape index (κ1) is 13.9. The van der Waals surface area contributed by atoms with E-state index in [0.29, 0.717) is 5.69 Å². The standard InChI is InChI=1S/C15H21N3OS/c1-20-13-2-5-16-14(9-13)15(19)17-12-8-11-3-6-18(10-12)7-4-11/h2,5,9,11-12H,3-4,6-8,10H2,1H3,(H,17,19)/t12-/m1/s1. The van der Waals surface area contributed by atoms with Crippen LogP contribution >= 0.6 is 11.8 Å². The molecule has 20 heavy (non-hydrogen) atoms. The van der Waals surface area contributed by atoms with Crippen molar-refractivity contribution in [1.82, 2.24) is 15.2 Å². The van der Waals surface area contributed by atoms with E-state index in [1.54, 1.807) is 18.0 Å². The second kappa shape index (κ2) is 6.14. The molecule has 0 unspecified atom stereocenters. The van der Waals surface area contributed by atoms with Crippen LogP contribution in [0.5, 0.6) is 0 Å². The van der Waals surface area contributed by atoms with Gasteiger partial charge in [0.1, 0.15) is 5.69 Å². The fourth-order valence-electron chi connectivity index (χ4n) is 3.22. The van der Waals surface area contributed by atoms with Crippen LogP contribution in [0, 0.1) is 5.92 Å². The Balaban J connectivity index is 1.66. The van der Waals surface area contributed by atoms with Gasteiger partial charge in [-0.05, 0) is 56.7 Å². The Morgan fingerprint density at radius 1 is 1.45 bits per heavy atom. The lowest BCUT2D eigenvalue weighted by atomic mass is 9.94.